The van der Waals surface area contributed by atoms with Crippen LogP contribution in [0.4, 0.5) is 11.5 Å². The average molecular weight is 367 g/mol. The van der Waals surface area contributed by atoms with E-state index in [0.717, 1.165) is 42.2 Å². The first-order valence-electron chi connectivity index (χ1n) is 8.81. The predicted octanol–water partition coefficient (Wildman–Crippen LogP) is 2.84. The molecule has 1 N–H and O–H groups in total. The van der Waals surface area contributed by atoms with Crippen molar-refractivity contribution in [1.82, 2.24) is 14.9 Å². The van der Waals surface area contributed by atoms with Crippen LogP contribution in [0.1, 0.15) is 6.42 Å². The summed E-state index contributed by atoms with van der Waals surface area (Å²) in [5.74, 6) is 0.999. The van der Waals surface area contributed by atoms with Gasteiger partial charge < -0.3 is 15.1 Å². The highest BCUT2D eigenvalue weighted by Gasteiger charge is 2.20. The normalized spacial score (nSPS) is 14.6. The number of nitrogens with one attached hydrogen (secondary N) is 1. The van der Waals surface area contributed by atoms with E-state index in [0.29, 0.717) is 13.0 Å². The van der Waals surface area contributed by atoms with E-state index in [1.54, 1.807) is 17.7 Å². The molecule has 0 spiro atoms. The van der Waals surface area contributed by atoms with Crippen LogP contribution in [0.2, 0.25) is 0 Å². The van der Waals surface area contributed by atoms with Gasteiger partial charge in [0.25, 0.3) is 0 Å². The van der Waals surface area contributed by atoms with Crippen LogP contribution < -0.4 is 10.2 Å². The van der Waals surface area contributed by atoms with E-state index >= 15 is 0 Å². The second-order valence-electron chi connectivity index (χ2n) is 6.24. The molecule has 0 radical (unpaired) electrons. The van der Waals surface area contributed by atoms with Gasteiger partial charge in [-0.1, -0.05) is 18.2 Å². The highest BCUT2D eigenvalue weighted by atomic mass is 32.1. The van der Waals surface area contributed by atoms with Crippen molar-refractivity contribution in [2.24, 2.45) is 0 Å². The number of aromatic nitrogens is 2. The summed E-state index contributed by atoms with van der Waals surface area (Å²) in [5.41, 5.74) is 1.23. The van der Waals surface area contributed by atoms with Crippen LogP contribution in [0.15, 0.2) is 48.1 Å². The van der Waals surface area contributed by atoms with Crippen LogP contribution in [-0.2, 0) is 4.79 Å². The second kappa shape index (κ2) is 7.70. The van der Waals surface area contributed by atoms with Crippen LogP contribution in [-0.4, -0.2) is 53.5 Å². The molecule has 3 heterocycles. The third-order valence-electron chi connectivity index (χ3n) is 4.65. The molecule has 6 nitrogen and oxygen atoms in total. The number of amides is 1. The molecule has 1 saturated heterocycles. The molecule has 2 aromatic heterocycles. The standard InChI is InChI=1S/C19H21N5OS/c25-17(6-8-20-18-16-7-13-26-19(16)22-14-21-18)24-11-9-23(10-12-24)15-4-2-1-3-5-15/h1-5,7,13-14H,6,8-12H2,(H,20,21,22). The molecule has 0 aliphatic carbocycles. The van der Waals surface area contributed by atoms with E-state index in [1.165, 1.54) is 5.69 Å². The molecule has 4 rings (SSSR count). The van der Waals surface area contributed by atoms with E-state index in [9.17, 15) is 4.79 Å². The number of benzene rings is 1. The van der Waals surface area contributed by atoms with Gasteiger partial charge in [-0.3, -0.25) is 4.79 Å². The fourth-order valence-electron chi connectivity index (χ4n) is 3.23. The summed E-state index contributed by atoms with van der Waals surface area (Å²) in [6, 6.07) is 12.4. The minimum Gasteiger partial charge on any atom is -0.369 e. The number of hydrogen-bond acceptors (Lipinski definition) is 6. The Morgan fingerprint density at radius 3 is 2.69 bits per heavy atom. The molecular formula is C19H21N5OS. The summed E-state index contributed by atoms with van der Waals surface area (Å²) in [5, 5.41) is 6.29. The lowest BCUT2D eigenvalue weighted by Crippen LogP contribution is -2.49. The summed E-state index contributed by atoms with van der Waals surface area (Å²) in [4.78, 5) is 26.3. The van der Waals surface area contributed by atoms with Crippen molar-refractivity contribution < 1.29 is 4.79 Å². The molecular weight excluding hydrogens is 346 g/mol. The first-order valence-corrected chi connectivity index (χ1v) is 9.69. The zero-order valence-electron chi connectivity index (χ0n) is 14.5. The molecule has 3 aromatic rings. The van der Waals surface area contributed by atoms with Gasteiger partial charge in [0.05, 0.1) is 5.39 Å². The number of piperazine rings is 1. The number of para-hydroxylation sites is 1. The Labute approximate surface area is 156 Å². The number of anilines is 2. The van der Waals surface area contributed by atoms with Gasteiger partial charge in [-0.05, 0) is 23.6 Å². The number of carbonyl (C=O) groups is 1. The number of fused-ring (bicyclic) bond motifs is 1. The summed E-state index contributed by atoms with van der Waals surface area (Å²) in [6.45, 7) is 3.89. The van der Waals surface area contributed by atoms with Gasteiger partial charge in [-0.2, -0.15) is 0 Å². The third-order valence-corrected chi connectivity index (χ3v) is 5.47. The summed E-state index contributed by atoms with van der Waals surface area (Å²) in [6.07, 6.45) is 2.03. The molecule has 1 amide bonds. The Bertz CT molecular complexity index is 874. The quantitative estimate of drug-likeness (QED) is 0.751. The Morgan fingerprint density at radius 1 is 1.08 bits per heavy atom. The van der Waals surface area contributed by atoms with Crippen LogP contribution in [0, 0.1) is 0 Å². The average Bonchev–Trinajstić information content (AvgIpc) is 3.18. The van der Waals surface area contributed by atoms with E-state index in [-0.39, 0.29) is 5.91 Å². The summed E-state index contributed by atoms with van der Waals surface area (Å²) in [7, 11) is 0. The minimum absolute atomic E-state index is 0.195. The molecule has 134 valence electrons. The number of thiophene rings is 1. The van der Waals surface area contributed by atoms with Gasteiger partial charge in [0.2, 0.25) is 5.91 Å². The Morgan fingerprint density at radius 2 is 1.88 bits per heavy atom. The van der Waals surface area contributed by atoms with E-state index in [2.05, 4.69) is 44.5 Å². The van der Waals surface area contributed by atoms with Gasteiger partial charge in [0, 0.05) is 44.8 Å². The van der Waals surface area contributed by atoms with Crippen LogP contribution >= 0.6 is 11.3 Å². The largest absolute Gasteiger partial charge is 0.369 e. The molecule has 0 atom stereocenters. The van der Waals surface area contributed by atoms with Crippen molar-refractivity contribution in [2.45, 2.75) is 6.42 Å². The topological polar surface area (TPSA) is 61.4 Å². The molecule has 1 aromatic carbocycles. The fraction of sp³-hybridized carbons (Fsp3) is 0.316. The molecule has 0 saturated carbocycles. The molecule has 0 bridgehead atoms. The number of carbonyl (C=O) groups excluding carboxylic acids is 1. The zero-order valence-corrected chi connectivity index (χ0v) is 15.3. The predicted molar refractivity (Wildman–Crippen MR) is 106 cm³/mol. The highest BCUT2D eigenvalue weighted by molar-refractivity contribution is 7.16. The van der Waals surface area contributed by atoms with Crippen molar-refractivity contribution in [1.29, 1.82) is 0 Å². The van der Waals surface area contributed by atoms with Crippen molar-refractivity contribution >= 4 is 39.0 Å². The summed E-state index contributed by atoms with van der Waals surface area (Å²) < 4.78 is 0. The van der Waals surface area contributed by atoms with Crippen molar-refractivity contribution in [3.05, 3.63) is 48.1 Å². The van der Waals surface area contributed by atoms with Gasteiger partial charge in [-0.25, -0.2) is 9.97 Å². The Kier molecular flexibility index (Phi) is 4.97. The lowest BCUT2D eigenvalue weighted by atomic mass is 10.2. The van der Waals surface area contributed by atoms with Crippen molar-refractivity contribution in [3.63, 3.8) is 0 Å². The first-order chi connectivity index (χ1) is 12.8. The number of hydrogen-bond donors (Lipinski definition) is 1. The maximum atomic E-state index is 12.5. The SMILES string of the molecule is O=C(CCNc1ncnc2sccc12)N1CCN(c2ccccc2)CC1. The van der Waals surface area contributed by atoms with Crippen LogP contribution in [0.5, 0.6) is 0 Å². The summed E-state index contributed by atoms with van der Waals surface area (Å²) >= 11 is 1.59. The maximum absolute atomic E-state index is 12.5. The zero-order chi connectivity index (χ0) is 17.8. The lowest BCUT2D eigenvalue weighted by molar-refractivity contribution is -0.131. The van der Waals surface area contributed by atoms with Gasteiger partial charge >= 0.3 is 0 Å². The monoisotopic (exact) mass is 367 g/mol. The van der Waals surface area contributed by atoms with E-state index in [4.69, 9.17) is 0 Å². The lowest BCUT2D eigenvalue weighted by Gasteiger charge is -2.36. The molecule has 1 fully saturated rings. The number of nitrogens with zero attached hydrogens (tertiary/aromatic N) is 4. The van der Waals surface area contributed by atoms with E-state index < -0.39 is 0 Å². The molecule has 1 aliphatic rings. The second-order valence-corrected chi connectivity index (χ2v) is 7.14. The highest BCUT2D eigenvalue weighted by Crippen LogP contribution is 2.23. The van der Waals surface area contributed by atoms with Gasteiger partial charge in [-0.15, -0.1) is 11.3 Å². The minimum atomic E-state index is 0.195. The van der Waals surface area contributed by atoms with Crippen molar-refractivity contribution in [3.8, 4) is 0 Å². The van der Waals surface area contributed by atoms with Crippen LogP contribution in [0.3, 0.4) is 0 Å². The van der Waals surface area contributed by atoms with Gasteiger partial charge in [0.1, 0.15) is 17.0 Å². The molecule has 7 heteroatoms. The molecule has 26 heavy (non-hydrogen) atoms. The van der Waals surface area contributed by atoms with Crippen LogP contribution in [0.25, 0.3) is 10.2 Å². The third kappa shape index (κ3) is 3.62. The first kappa shape index (κ1) is 16.8. The smallest absolute Gasteiger partial charge is 0.224 e. The Balaban J connectivity index is 1.26. The fourth-order valence-corrected chi connectivity index (χ4v) is 3.96. The number of rotatable bonds is 5. The Hall–Kier alpha value is -2.67. The maximum Gasteiger partial charge on any atom is 0.224 e. The molecule has 1 aliphatic heterocycles. The van der Waals surface area contributed by atoms with Crippen molar-refractivity contribution in [2.75, 3.05) is 42.9 Å². The molecule has 0 unspecified atom stereocenters. The van der Waals surface area contributed by atoms with Gasteiger partial charge in [0.15, 0.2) is 0 Å². The van der Waals surface area contributed by atoms with E-state index in [1.807, 2.05) is 22.4 Å².